The third-order valence-electron chi connectivity index (χ3n) is 8.05. The molecule has 226 valence electrons. The molecule has 3 fully saturated rings. The molecule has 1 saturated carbocycles. The van der Waals surface area contributed by atoms with Crippen LogP contribution in [0.3, 0.4) is 0 Å². The van der Waals surface area contributed by atoms with Gasteiger partial charge in [0.2, 0.25) is 11.3 Å². The lowest BCUT2D eigenvalue weighted by Gasteiger charge is -2.21. The molecule has 1 aromatic heterocycles. The monoisotopic (exact) mass is 596 g/mol. The van der Waals surface area contributed by atoms with Gasteiger partial charge in [-0.3, -0.25) is 14.5 Å². The first-order valence-corrected chi connectivity index (χ1v) is 14.1. The molecular formula is C30H30F2N4O7. The van der Waals surface area contributed by atoms with Gasteiger partial charge in [-0.1, -0.05) is 0 Å². The number of carboxylic acid groups (broad SMARTS) is 1. The van der Waals surface area contributed by atoms with Crippen LogP contribution in [0.4, 0.5) is 25.0 Å². The second kappa shape index (κ2) is 11.2. The Morgan fingerprint density at radius 2 is 1.88 bits per heavy atom. The number of nitrogens with zero attached hydrogens (tertiary/aromatic N) is 3. The number of ether oxygens (including phenoxy) is 2. The van der Waals surface area contributed by atoms with Gasteiger partial charge >= 0.3 is 12.1 Å². The highest BCUT2D eigenvalue weighted by Crippen LogP contribution is 2.39. The number of hydrogen-bond acceptors (Lipinski definition) is 7. The first kappa shape index (κ1) is 28.4. The van der Waals surface area contributed by atoms with E-state index in [1.165, 1.54) is 30.2 Å². The number of cyclic esters (lactones) is 1. The van der Waals surface area contributed by atoms with Crippen molar-refractivity contribution in [1.29, 1.82) is 0 Å². The number of rotatable bonds is 9. The van der Waals surface area contributed by atoms with Crippen molar-refractivity contribution in [3.05, 3.63) is 63.9 Å². The minimum Gasteiger partial charge on any atom is -0.490 e. The molecule has 2 N–H and O–H groups in total. The van der Waals surface area contributed by atoms with Gasteiger partial charge < -0.3 is 29.4 Å². The number of amides is 2. The van der Waals surface area contributed by atoms with Gasteiger partial charge in [-0.05, 0) is 43.5 Å². The Morgan fingerprint density at radius 1 is 1.09 bits per heavy atom. The predicted molar refractivity (Wildman–Crippen MR) is 152 cm³/mol. The molecule has 0 radical (unpaired) electrons. The van der Waals surface area contributed by atoms with E-state index in [2.05, 4.69) is 5.32 Å². The highest BCUT2D eigenvalue weighted by molar-refractivity contribution is 5.94. The Labute approximate surface area is 244 Å². The van der Waals surface area contributed by atoms with Gasteiger partial charge in [0.15, 0.2) is 11.6 Å². The number of hydrogen-bond donors (Lipinski definition) is 2. The number of fused-ring (bicyclic) bond motifs is 1. The molecule has 13 heteroatoms. The second-order valence-corrected chi connectivity index (χ2v) is 11.2. The normalized spacial score (nSPS) is 20.0. The zero-order valence-corrected chi connectivity index (χ0v) is 23.3. The van der Waals surface area contributed by atoms with Crippen molar-refractivity contribution in [2.75, 3.05) is 42.6 Å². The van der Waals surface area contributed by atoms with E-state index >= 15 is 4.39 Å². The van der Waals surface area contributed by atoms with Crippen LogP contribution in [0.25, 0.3) is 10.9 Å². The quantitative estimate of drug-likeness (QED) is 0.383. The van der Waals surface area contributed by atoms with Crippen molar-refractivity contribution in [2.24, 2.45) is 5.92 Å². The van der Waals surface area contributed by atoms with Crippen molar-refractivity contribution in [1.82, 2.24) is 9.88 Å². The zero-order chi connectivity index (χ0) is 30.4. The topological polar surface area (TPSA) is 130 Å². The molecule has 6 rings (SSSR count). The first-order chi connectivity index (χ1) is 20.6. The van der Waals surface area contributed by atoms with Gasteiger partial charge in [-0.15, -0.1) is 0 Å². The van der Waals surface area contributed by atoms with Crippen LogP contribution in [0.2, 0.25) is 0 Å². The van der Waals surface area contributed by atoms with Crippen molar-refractivity contribution in [2.45, 2.75) is 38.3 Å². The number of carbonyl (C=O) groups is 3. The Bertz CT molecular complexity index is 1690. The van der Waals surface area contributed by atoms with Crippen molar-refractivity contribution in [3.63, 3.8) is 0 Å². The average molecular weight is 597 g/mol. The summed E-state index contributed by atoms with van der Waals surface area (Å²) in [5, 5.41) is 12.1. The smallest absolute Gasteiger partial charge is 0.414 e. The SMILES string of the molecule is CC(=O)NC[C@H]1CN(c2ccc(OC[C@H]3CCN(c4cc5c(cc4F)c(=O)c(C(=O)O)cn5C4CC4)C3)c(F)c2)C(=O)O1. The van der Waals surface area contributed by atoms with Crippen LogP contribution in [0.15, 0.2) is 41.3 Å². The molecule has 2 aliphatic heterocycles. The molecule has 1 aliphatic carbocycles. The van der Waals surface area contributed by atoms with E-state index in [1.54, 1.807) is 16.7 Å². The van der Waals surface area contributed by atoms with Gasteiger partial charge in [0, 0.05) is 49.6 Å². The highest BCUT2D eigenvalue weighted by atomic mass is 19.1. The summed E-state index contributed by atoms with van der Waals surface area (Å²) in [6.45, 7) is 2.84. The maximum absolute atomic E-state index is 15.3. The highest BCUT2D eigenvalue weighted by Gasteiger charge is 2.33. The van der Waals surface area contributed by atoms with Gasteiger partial charge in [-0.25, -0.2) is 18.4 Å². The summed E-state index contributed by atoms with van der Waals surface area (Å²) >= 11 is 0. The number of nitrogens with one attached hydrogen (secondary N) is 1. The fraction of sp³-hybridized carbons (Fsp3) is 0.400. The molecule has 3 aromatic rings. The molecule has 0 bridgehead atoms. The van der Waals surface area contributed by atoms with Gasteiger partial charge in [0.25, 0.3) is 0 Å². The summed E-state index contributed by atoms with van der Waals surface area (Å²) in [6.07, 6.45) is 2.55. The van der Waals surface area contributed by atoms with Crippen LogP contribution in [0.1, 0.15) is 42.6 Å². The maximum atomic E-state index is 15.3. The first-order valence-electron chi connectivity index (χ1n) is 14.1. The molecule has 2 saturated heterocycles. The minimum absolute atomic E-state index is 0.0177. The number of benzene rings is 2. The molecule has 3 aliphatic rings. The van der Waals surface area contributed by atoms with Crippen LogP contribution in [-0.4, -0.2) is 66.5 Å². The van der Waals surface area contributed by atoms with E-state index in [9.17, 15) is 28.7 Å². The molecule has 2 atom stereocenters. The lowest BCUT2D eigenvalue weighted by Crippen LogP contribution is -2.33. The number of carboxylic acids is 1. The van der Waals surface area contributed by atoms with Gasteiger partial charge in [0.1, 0.15) is 17.5 Å². The van der Waals surface area contributed by atoms with E-state index in [0.717, 1.165) is 18.9 Å². The van der Waals surface area contributed by atoms with Crippen LogP contribution in [-0.2, 0) is 9.53 Å². The summed E-state index contributed by atoms with van der Waals surface area (Å²) in [7, 11) is 0. The summed E-state index contributed by atoms with van der Waals surface area (Å²) in [5.41, 5.74) is 0.0312. The average Bonchev–Trinajstić information content (AvgIpc) is 3.58. The number of halogens is 2. The van der Waals surface area contributed by atoms with E-state index in [-0.39, 0.29) is 54.3 Å². The largest absolute Gasteiger partial charge is 0.490 e. The molecular weight excluding hydrogens is 566 g/mol. The number of aromatic nitrogens is 1. The van der Waals surface area contributed by atoms with E-state index < -0.39 is 35.2 Å². The third kappa shape index (κ3) is 5.71. The Hall–Kier alpha value is -4.68. The Morgan fingerprint density at radius 3 is 2.58 bits per heavy atom. The molecule has 11 nitrogen and oxygen atoms in total. The second-order valence-electron chi connectivity index (χ2n) is 11.2. The number of anilines is 2. The summed E-state index contributed by atoms with van der Waals surface area (Å²) in [4.78, 5) is 50.9. The predicted octanol–water partition coefficient (Wildman–Crippen LogP) is 3.68. The van der Waals surface area contributed by atoms with Crippen molar-refractivity contribution in [3.8, 4) is 5.75 Å². The standard InChI is InChI=1S/C30H30F2N4O7/c1-16(37)33-11-20-13-36(30(41)43-20)19-4-5-27(24(32)8-19)42-15-17-6-7-34(12-17)26-10-25-21(9-23(26)31)28(38)22(29(39)40)14-35(25)18-2-3-18/h4-5,8-10,14,17-18,20H,2-3,6-7,11-13,15H2,1H3,(H,33,37)(H,39,40)/t17-,20-/m0/s1. The van der Waals surface area contributed by atoms with E-state index in [1.807, 2.05) is 4.90 Å². The van der Waals surface area contributed by atoms with Crippen LogP contribution < -0.4 is 25.3 Å². The van der Waals surface area contributed by atoms with Gasteiger partial charge in [-0.2, -0.15) is 0 Å². The maximum Gasteiger partial charge on any atom is 0.414 e. The number of aromatic carboxylic acids is 1. The summed E-state index contributed by atoms with van der Waals surface area (Å²) in [5.74, 6) is -2.86. The van der Waals surface area contributed by atoms with Crippen molar-refractivity contribution >= 4 is 40.2 Å². The fourth-order valence-electron chi connectivity index (χ4n) is 5.67. The fourth-order valence-corrected chi connectivity index (χ4v) is 5.67. The van der Waals surface area contributed by atoms with E-state index in [4.69, 9.17) is 9.47 Å². The van der Waals surface area contributed by atoms with Gasteiger partial charge in [0.05, 0.1) is 36.6 Å². The molecule has 3 heterocycles. The molecule has 0 spiro atoms. The van der Waals surface area contributed by atoms with Crippen molar-refractivity contribution < 1.29 is 37.7 Å². The molecule has 2 amide bonds. The lowest BCUT2D eigenvalue weighted by atomic mass is 10.1. The number of carbonyl (C=O) groups excluding carboxylic acids is 2. The summed E-state index contributed by atoms with van der Waals surface area (Å²) in [6, 6.07) is 7.00. The third-order valence-corrected chi connectivity index (χ3v) is 8.05. The summed E-state index contributed by atoms with van der Waals surface area (Å²) < 4.78 is 43.0. The van der Waals surface area contributed by atoms with Crippen LogP contribution >= 0.6 is 0 Å². The zero-order valence-electron chi connectivity index (χ0n) is 23.3. The number of pyridine rings is 1. The lowest BCUT2D eigenvalue weighted by molar-refractivity contribution is -0.119. The van der Waals surface area contributed by atoms with Crippen LogP contribution in [0, 0.1) is 17.6 Å². The molecule has 0 unspecified atom stereocenters. The minimum atomic E-state index is -1.34. The molecule has 43 heavy (non-hydrogen) atoms. The Kier molecular flexibility index (Phi) is 7.40. The van der Waals surface area contributed by atoms with E-state index in [0.29, 0.717) is 36.4 Å². The van der Waals surface area contributed by atoms with Crippen LogP contribution in [0.5, 0.6) is 5.75 Å². The Balaban J connectivity index is 1.12. The molecule has 2 aromatic carbocycles.